The van der Waals surface area contributed by atoms with Gasteiger partial charge in [-0.05, 0) is 79.9 Å². The Labute approximate surface area is 158 Å². The van der Waals surface area contributed by atoms with Gasteiger partial charge >= 0.3 is 0 Å². The minimum absolute atomic E-state index is 0.460. The summed E-state index contributed by atoms with van der Waals surface area (Å²) >= 11 is 0. The Morgan fingerprint density at radius 3 is 2.58 bits per heavy atom. The van der Waals surface area contributed by atoms with E-state index in [4.69, 9.17) is 4.74 Å². The molecule has 0 saturated heterocycles. The first-order chi connectivity index (χ1) is 12.6. The number of hydrogen-bond acceptors (Lipinski definition) is 2. The second-order valence-electron chi connectivity index (χ2n) is 7.03. The van der Waals surface area contributed by atoms with Crippen LogP contribution in [0.3, 0.4) is 0 Å². The molecule has 0 aromatic heterocycles. The molecule has 0 saturated carbocycles. The van der Waals surface area contributed by atoms with Gasteiger partial charge in [0.25, 0.3) is 0 Å². The fraction of sp³-hybridized carbons (Fsp3) is 0.458. The number of rotatable bonds is 6. The molecule has 26 heavy (non-hydrogen) atoms. The van der Waals surface area contributed by atoms with Crippen molar-refractivity contribution in [3.8, 4) is 17.6 Å². The van der Waals surface area contributed by atoms with Crippen LogP contribution in [0.5, 0.6) is 5.75 Å². The largest absolute Gasteiger partial charge is 0.496 e. The first kappa shape index (κ1) is 20.0. The Bertz CT molecular complexity index is 757. The molecule has 1 aromatic carbocycles. The van der Waals surface area contributed by atoms with Gasteiger partial charge in [-0.25, -0.2) is 0 Å². The van der Waals surface area contributed by atoms with Crippen LogP contribution >= 0.6 is 0 Å². The third-order valence-electron chi connectivity index (χ3n) is 4.83. The quantitative estimate of drug-likeness (QED) is 0.294. The second-order valence-corrected chi connectivity index (χ2v) is 7.03. The summed E-state index contributed by atoms with van der Waals surface area (Å²) in [6.45, 7) is 7.83. The fourth-order valence-electron chi connectivity index (χ4n) is 3.59. The number of benzene rings is 1. The summed E-state index contributed by atoms with van der Waals surface area (Å²) in [5.41, 5.74) is 6.40. The van der Waals surface area contributed by atoms with Gasteiger partial charge in [-0.2, -0.15) is 0 Å². The molecular formula is C24H30O2. The van der Waals surface area contributed by atoms with Crippen LogP contribution in [0.4, 0.5) is 0 Å². The number of aldehydes is 1. The molecule has 0 atom stereocenters. The average molecular weight is 351 g/mol. The van der Waals surface area contributed by atoms with Crippen molar-refractivity contribution >= 4 is 12.4 Å². The summed E-state index contributed by atoms with van der Waals surface area (Å²) < 4.78 is 5.80. The maximum absolute atomic E-state index is 11.5. The van der Waals surface area contributed by atoms with Gasteiger partial charge in [0, 0.05) is 5.56 Å². The van der Waals surface area contributed by atoms with Crippen molar-refractivity contribution in [3.63, 3.8) is 0 Å². The Kier molecular flexibility index (Phi) is 7.73. The Morgan fingerprint density at radius 1 is 1.23 bits per heavy atom. The van der Waals surface area contributed by atoms with E-state index in [1.54, 1.807) is 7.11 Å². The molecule has 0 N–H and O–H groups in total. The van der Waals surface area contributed by atoms with Gasteiger partial charge in [0.15, 0.2) is 6.29 Å². The number of hydrogen-bond donors (Lipinski definition) is 0. The van der Waals surface area contributed by atoms with Crippen molar-refractivity contribution in [2.45, 2.75) is 65.2 Å². The number of unbranched alkanes of at least 4 members (excludes halogenated alkanes) is 1. The first-order valence-electron chi connectivity index (χ1n) is 9.66. The zero-order chi connectivity index (χ0) is 18.9. The minimum atomic E-state index is 0.460. The number of carbonyl (C=O) groups is 1. The van der Waals surface area contributed by atoms with Gasteiger partial charge in [-0.1, -0.05) is 38.2 Å². The highest BCUT2D eigenvalue weighted by atomic mass is 16.5. The van der Waals surface area contributed by atoms with E-state index < -0.39 is 0 Å². The van der Waals surface area contributed by atoms with Gasteiger partial charge in [-0.3, -0.25) is 4.79 Å². The third-order valence-corrected chi connectivity index (χ3v) is 4.83. The second kappa shape index (κ2) is 10.0. The smallest absolute Gasteiger partial charge is 0.158 e. The molecule has 0 aliphatic heterocycles. The Hall–Kier alpha value is -2.27. The van der Waals surface area contributed by atoms with Crippen molar-refractivity contribution in [3.05, 3.63) is 46.0 Å². The summed E-state index contributed by atoms with van der Waals surface area (Å²) in [5, 5.41) is 0. The van der Waals surface area contributed by atoms with Gasteiger partial charge in [0.1, 0.15) is 5.75 Å². The van der Waals surface area contributed by atoms with Crippen molar-refractivity contribution in [1.82, 2.24) is 0 Å². The average Bonchev–Trinajstić information content (AvgIpc) is 2.89. The molecule has 0 radical (unpaired) electrons. The normalized spacial score (nSPS) is 13.9. The maximum atomic E-state index is 11.5. The Balaban J connectivity index is 2.60. The molecular weight excluding hydrogens is 320 g/mol. The molecule has 0 fully saturated rings. The topological polar surface area (TPSA) is 26.3 Å². The zero-order valence-electron chi connectivity index (χ0n) is 16.4. The van der Waals surface area contributed by atoms with E-state index in [2.05, 4.69) is 31.4 Å². The standard InChI is InChI=1S/C24H30O2/c1-5-6-10-20-16-21(15-19(17-25)14-13-18(2)3)24(26-4)23-12-9-7-8-11-22(20)23/h15-17H,2,5-12H2,1,3-4H3/b19-15-. The maximum Gasteiger partial charge on any atom is 0.158 e. The number of fused-ring (bicyclic) bond motifs is 1. The van der Waals surface area contributed by atoms with Crippen LogP contribution in [-0.4, -0.2) is 13.4 Å². The van der Waals surface area contributed by atoms with Crippen LogP contribution in [-0.2, 0) is 24.1 Å². The molecule has 1 aliphatic carbocycles. The predicted octanol–water partition coefficient (Wildman–Crippen LogP) is 5.47. The van der Waals surface area contributed by atoms with E-state index >= 15 is 0 Å². The highest BCUT2D eigenvalue weighted by Gasteiger charge is 2.19. The van der Waals surface area contributed by atoms with Gasteiger partial charge in [0.2, 0.25) is 0 Å². The highest BCUT2D eigenvalue weighted by Crippen LogP contribution is 2.36. The lowest BCUT2D eigenvalue weighted by molar-refractivity contribution is -0.104. The molecule has 0 spiro atoms. The van der Waals surface area contributed by atoms with E-state index in [-0.39, 0.29) is 0 Å². The number of carbonyl (C=O) groups excluding carboxylic acids is 1. The number of allylic oxidation sites excluding steroid dienone is 2. The van der Waals surface area contributed by atoms with Crippen LogP contribution in [0.2, 0.25) is 0 Å². The lowest BCUT2D eigenvalue weighted by atomic mass is 9.90. The number of ether oxygens (including phenoxy) is 1. The first-order valence-corrected chi connectivity index (χ1v) is 9.66. The molecule has 2 heteroatoms. The van der Waals surface area contributed by atoms with E-state index in [0.29, 0.717) is 5.57 Å². The monoisotopic (exact) mass is 350 g/mol. The van der Waals surface area contributed by atoms with Crippen LogP contribution in [0.1, 0.15) is 68.2 Å². The summed E-state index contributed by atoms with van der Waals surface area (Å²) in [6, 6.07) is 2.21. The van der Waals surface area contributed by atoms with Crippen molar-refractivity contribution < 1.29 is 9.53 Å². The zero-order valence-corrected chi connectivity index (χ0v) is 16.4. The number of methoxy groups -OCH3 is 1. The molecule has 0 heterocycles. The van der Waals surface area contributed by atoms with E-state index in [9.17, 15) is 4.79 Å². The van der Waals surface area contributed by atoms with Gasteiger partial charge in [0.05, 0.1) is 12.7 Å². The van der Waals surface area contributed by atoms with Gasteiger partial charge < -0.3 is 4.74 Å². The fourth-order valence-corrected chi connectivity index (χ4v) is 3.59. The molecule has 0 unspecified atom stereocenters. The predicted molar refractivity (Wildman–Crippen MR) is 109 cm³/mol. The molecule has 2 rings (SSSR count). The lowest BCUT2D eigenvalue weighted by Crippen LogP contribution is -2.04. The molecule has 1 aliphatic rings. The van der Waals surface area contributed by atoms with Crippen LogP contribution in [0.25, 0.3) is 6.08 Å². The van der Waals surface area contributed by atoms with Crippen LogP contribution in [0.15, 0.2) is 23.8 Å². The summed E-state index contributed by atoms with van der Waals surface area (Å²) in [4.78, 5) is 11.5. The highest BCUT2D eigenvalue weighted by molar-refractivity contribution is 5.89. The molecule has 0 bridgehead atoms. The minimum Gasteiger partial charge on any atom is -0.496 e. The molecule has 1 aromatic rings. The number of aryl methyl sites for hydroxylation is 1. The summed E-state index contributed by atoms with van der Waals surface area (Å²) in [6.07, 6.45) is 12.0. The van der Waals surface area contributed by atoms with Crippen molar-refractivity contribution in [1.29, 1.82) is 0 Å². The Morgan fingerprint density at radius 2 is 1.96 bits per heavy atom. The lowest BCUT2D eigenvalue weighted by Gasteiger charge is -2.19. The van der Waals surface area contributed by atoms with Crippen molar-refractivity contribution in [2.24, 2.45) is 0 Å². The molecule has 138 valence electrons. The SMILES string of the molecule is C=C(C)C#C/C(C=O)=C/c1cc(CCCC)c2c(c1OC)CCCCC2. The van der Waals surface area contributed by atoms with E-state index in [0.717, 1.165) is 42.4 Å². The molecule has 0 amide bonds. The van der Waals surface area contributed by atoms with E-state index in [1.165, 1.54) is 48.8 Å². The van der Waals surface area contributed by atoms with Crippen LogP contribution < -0.4 is 4.74 Å². The molecule has 2 nitrogen and oxygen atoms in total. The summed E-state index contributed by atoms with van der Waals surface area (Å²) in [5.74, 6) is 6.72. The van der Waals surface area contributed by atoms with Gasteiger partial charge in [-0.15, -0.1) is 0 Å². The van der Waals surface area contributed by atoms with E-state index in [1.807, 2.05) is 13.0 Å². The third kappa shape index (κ3) is 5.11. The summed E-state index contributed by atoms with van der Waals surface area (Å²) in [7, 11) is 1.73. The van der Waals surface area contributed by atoms with Crippen molar-refractivity contribution in [2.75, 3.05) is 7.11 Å². The van der Waals surface area contributed by atoms with Crippen LogP contribution in [0, 0.1) is 11.8 Å².